The fourth-order valence-electron chi connectivity index (χ4n) is 1.63. The molecule has 0 atom stereocenters. The van der Waals surface area contributed by atoms with Crippen LogP contribution in [0.1, 0.15) is 23.1 Å². The minimum absolute atomic E-state index is 0.0671. The number of esters is 1. The summed E-state index contributed by atoms with van der Waals surface area (Å²) in [6.45, 7) is 1.94. The van der Waals surface area contributed by atoms with Gasteiger partial charge in [-0.25, -0.2) is 0 Å². The molecule has 0 heterocycles. The van der Waals surface area contributed by atoms with Gasteiger partial charge < -0.3 is 9.84 Å². The second-order valence-corrected chi connectivity index (χ2v) is 3.92. The van der Waals surface area contributed by atoms with Gasteiger partial charge in [0.05, 0.1) is 13.5 Å². The minimum Gasteiger partial charge on any atom is -0.481 e. The zero-order valence-corrected chi connectivity index (χ0v) is 10.0. The molecule has 0 aliphatic rings. The molecule has 0 bridgehead atoms. The summed E-state index contributed by atoms with van der Waals surface area (Å²) in [5.41, 5.74) is 2.79. The van der Waals surface area contributed by atoms with Crippen molar-refractivity contribution in [1.82, 2.24) is 0 Å². The lowest BCUT2D eigenvalue weighted by Gasteiger charge is -2.08. The van der Waals surface area contributed by atoms with E-state index in [9.17, 15) is 9.59 Å². The molecular formula is C13H16O4. The molecular weight excluding hydrogens is 220 g/mol. The molecule has 0 saturated carbocycles. The Bertz CT molecular complexity index is 423. The molecule has 0 unspecified atom stereocenters. The van der Waals surface area contributed by atoms with Gasteiger partial charge in [-0.1, -0.05) is 23.8 Å². The van der Waals surface area contributed by atoms with Gasteiger partial charge in [-0.3, -0.25) is 9.59 Å². The van der Waals surface area contributed by atoms with Crippen LogP contribution in [0.4, 0.5) is 0 Å². The molecule has 0 amide bonds. The maximum atomic E-state index is 11.2. The van der Waals surface area contributed by atoms with Crippen molar-refractivity contribution >= 4 is 11.9 Å². The molecule has 1 N–H and O–H groups in total. The van der Waals surface area contributed by atoms with Crippen LogP contribution in [0.25, 0.3) is 0 Å². The van der Waals surface area contributed by atoms with E-state index in [1.54, 1.807) is 0 Å². The monoisotopic (exact) mass is 236 g/mol. The van der Waals surface area contributed by atoms with Crippen molar-refractivity contribution < 1.29 is 19.4 Å². The highest BCUT2D eigenvalue weighted by molar-refractivity contribution is 5.73. The van der Waals surface area contributed by atoms with E-state index < -0.39 is 5.97 Å². The maximum Gasteiger partial charge on any atom is 0.309 e. The Morgan fingerprint density at radius 3 is 2.59 bits per heavy atom. The Labute approximate surface area is 100 Å². The number of hydrogen-bond donors (Lipinski definition) is 1. The Kier molecular flexibility index (Phi) is 4.69. The van der Waals surface area contributed by atoms with Crippen molar-refractivity contribution in [3.63, 3.8) is 0 Å². The van der Waals surface area contributed by atoms with E-state index in [1.807, 2.05) is 25.1 Å². The predicted octanol–water partition coefficient (Wildman–Crippen LogP) is 1.73. The van der Waals surface area contributed by atoms with Crippen LogP contribution < -0.4 is 0 Å². The highest BCUT2D eigenvalue weighted by atomic mass is 16.5. The number of hydrogen-bond acceptors (Lipinski definition) is 3. The number of benzene rings is 1. The highest BCUT2D eigenvalue weighted by Gasteiger charge is 2.09. The Hall–Kier alpha value is -1.84. The van der Waals surface area contributed by atoms with E-state index in [1.165, 1.54) is 7.11 Å². The van der Waals surface area contributed by atoms with Crippen LogP contribution in [-0.4, -0.2) is 24.2 Å². The first-order chi connectivity index (χ1) is 8.02. The molecule has 0 aliphatic carbocycles. The molecule has 0 fully saturated rings. The predicted molar refractivity (Wildman–Crippen MR) is 62.9 cm³/mol. The number of ether oxygens (including phenoxy) is 1. The number of aliphatic carboxylic acids is 1. The van der Waals surface area contributed by atoms with E-state index in [2.05, 4.69) is 4.74 Å². The third-order valence-electron chi connectivity index (χ3n) is 2.53. The van der Waals surface area contributed by atoms with Gasteiger partial charge in [0.25, 0.3) is 0 Å². The Morgan fingerprint density at radius 1 is 1.29 bits per heavy atom. The normalized spacial score (nSPS) is 10.0. The average molecular weight is 236 g/mol. The molecule has 0 saturated heterocycles. The van der Waals surface area contributed by atoms with Crippen LogP contribution in [0.2, 0.25) is 0 Å². The second kappa shape index (κ2) is 6.03. The van der Waals surface area contributed by atoms with Gasteiger partial charge in [0.15, 0.2) is 0 Å². The zero-order chi connectivity index (χ0) is 12.8. The summed E-state index contributed by atoms with van der Waals surface area (Å²) in [4.78, 5) is 21.8. The summed E-state index contributed by atoms with van der Waals surface area (Å²) in [6.07, 6.45) is 0.687. The van der Waals surface area contributed by atoms with Crippen molar-refractivity contribution in [3.05, 3.63) is 34.9 Å². The van der Waals surface area contributed by atoms with Crippen LogP contribution in [0, 0.1) is 6.92 Å². The van der Waals surface area contributed by atoms with Gasteiger partial charge >= 0.3 is 11.9 Å². The summed E-state index contributed by atoms with van der Waals surface area (Å²) in [5.74, 6) is -1.15. The topological polar surface area (TPSA) is 63.6 Å². The largest absolute Gasteiger partial charge is 0.481 e. The summed E-state index contributed by atoms with van der Waals surface area (Å²) in [5, 5.41) is 8.67. The van der Waals surface area contributed by atoms with E-state index in [-0.39, 0.29) is 18.8 Å². The quantitative estimate of drug-likeness (QED) is 0.791. The number of carboxylic acids is 1. The molecule has 0 aromatic heterocycles. The van der Waals surface area contributed by atoms with Crippen molar-refractivity contribution in [3.8, 4) is 0 Å². The third-order valence-corrected chi connectivity index (χ3v) is 2.53. The lowest BCUT2D eigenvalue weighted by Crippen LogP contribution is -2.08. The van der Waals surface area contributed by atoms with Gasteiger partial charge in [0.1, 0.15) is 0 Å². The molecule has 0 spiro atoms. The molecule has 0 aliphatic heterocycles. The minimum atomic E-state index is -0.837. The molecule has 4 nitrogen and oxygen atoms in total. The number of aryl methyl sites for hydroxylation is 2. The van der Waals surface area contributed by atoms with Crippen molar-refractivity contribution in [1.29, 1.82) is 0 Å². The lowest BCUT2D eigenvalue weighted by atomic mass is 9.98. The van der Waals surface area contributed by atoms with E-state index >= 15 is 0 Å². The fourth-order valence-corrected chi connectivity index (χ4v) is 1.63. The Morgan fingerprint density at radius 2 is 2.00 bits per heavy atom. The van der Waals surface area contributed by atoms with Crippen LogP contribution in [0.15, 0.2) is 18.2 Å². The first kappa shape index (κ1) is 13.2. The number of methoxy groups -OCH3 is 1. The number of rotatable bonds is 5. The van der Waals surface area contributed by atoms with Crippen LogP contribution >= 0.6 is 0 Å². The Balaban J connectivity index is 2.87. The molecule has 92 valence electrons. The van der Waals surface area contributed by atoms with Crippen LogP contribution in [0.5, 0.6) is 0 Å². The van der Waals surface area contributed by atoms with Gasteiger partial charge in [-0.2, -0.15) is 0 Å². The zero-order valence-electron chi connectivity index (χ0n) is 10.0. The van der Waals surface area contributed by atoms with Crippen molar-refractivity contribution in [2.45, 2.75) is 26.2 Å². The van der Waals surface area contributed by atoms with Gasteiger partial charge in [0, 0.05) is 6.42 Å². The summed E-state index contributed by atoms with van der Waals surface area (Å²) < 4.78 is 4.61. The molecule has 1 aromatic carbocycles. The van der Waals surface area contributed by atoms with Crippen LogP contribution in [0.3, 0.4) is 0 Å². The first-order valence-corrected chi connectivity index (χ1v) is 5.40. The maximum absolute atomic E-state index is 11.2. The molecule has 0 radical (unpaired) electrons. The molecule has 1 aromatic rings. The molecule has 17 heavy (non-hydrogen) atoms. The van der Waals surface area contributed by atoms with Crippen LogP contribution in [-0.2, 0) is 27.2 Å². The highest BCUT2D eigenvalue weighted by Crippen LogP contribution is 2.15. The van der Waals surface area contributed by atoms with Gasteiger partial charge in [-0.15, -0.1) is 0 Å². The lowest BCUT2D eigenvalue weighted by molar-refractivity contribution is -0.140. The number of carbonyl (C=O) groups excluding carboxylic acids is 1. The second-order valence-electron chi connectivity index (χ2n) is 3.92. The van der Waals surface area contributed by atoms with Crippen molar-refractivity contribution in [2.24, 2.45) is 0 Å². The van der Waals surface area contributed by atoms with E-state index in [0.29, 0.717) is 6.42 Å². The van der Waals surface area contributed by atoms with E-state index in [4.69, 9.17) is 5.11 Å². The summed E-state index contributed by atoms with van der Waals surface area (Å²) >= 11 is 0. The summed E-state index contributed by atoms with van der Waals surface area (Å²) in [6, 6.07) is 5.67. The molecule has 4 heteroatoms. The van der Waals surface area contributed by atoms with Gasteiger partial charge in [-0.05, 0) is 24.5 Å². The summed E-state index contributed by atoms with van der Waals surface area (Å²) in [7, 11) is 1.34. The number of carboxylic acid groups (broad SMARTS) is 1. The average Bonchev–Trinajstić information content (AvgIpc) is 2.29. The van der Waals surface area contributed by atoms with E-state index in [0.717, 1.165) is 16.7 Å². The SMILES string of the molecule is COC(=O)Cc1ccc(C)cc1CCC(=O)O. The molecule has 1 rings (SSSR count). The fraction of sp³-hybridized carbons (Fsp3) is 0.385. The number of carbonyl (C=O) groups is 2. The smallest absolute Gasteiger partial charge is 0.309 e. The van der Waals surface area contributed by atoms with Crippen molar-refractivity contribution in [2.75, 3.05) is 7.11 Å². The standard InChI is InChI=1S/C13H16O4/c1-9-3-4-11(8-13(16)17-2)10(7-9)5-6-12(14)15/h3-4,7H,5-6,8H2,1-2H3,(H,14,15). The van der Waals surface area contributed by atoms with Gasteiger partial charge in [0.2, 0.25) is 0 Å². The third kappa shape index (κ3) is 4.26. The first-order valence-electron chi connectivity index (χ1n) is 5.40.